The van der Waals surface area contributed by atoms with Crippen LogP contribution < -0.4 is 10.6 Å². The maximum Gasteiger partial charge on any atom is 0.407 e. The maximum absolute atomic E-state index is 14.4. The van der Waals surface area contributed by atoms with Gasteiger partial charge in [-0.15, -0.1) is 0 Å². The number of nitrogens with zero attached hydrogens (tertiary/aromatic N) is 4. The lowest BCUT2D eigenvalue weighted by atomic mass is 9.90. The minimum atomic E-state index is -0.689. The van der Waals surface area contributed by atoms with Crippen LogP contribution >= 0.6 is 0 Å². The molecule has 0 bridgehead atoms. The summed E-state index contributed by atoms with van der Waals surface area (Å²) >= 11 is 0. The highest BCUT2D eigenvalue weighted by atomic mass is 16.5. The molecular formula is C50H56N8O8. The van der Waals surface area contributed by atoms with E-state index in [9.17, 15) is 19.2 Å². The fourth-order valence-electron chi connectivity index (χ4n) is 11.5. The van der Waals surface area contributed by atoms with Gasteiger partial charge in [-0.2, -0.15) is 0 Å². The maximum atomic E-state index is 14.4. The van der Waals surface area contributed by atoms with Crippen LogP contribution in [0.2, 0.25) is 0 Å². The van der Waals surface area contributed by atoms with Crippen LogP contribution in [0.3, 0.4) is 0 Å². The lowest BCUT2D eigenvalue weighted by molar-refractivity contribution is -0.138. The molecular weight excluding hydrogens is 841 g/mol. The normalized spacial score (nSPS) is 25.7. The van der Waals surface area contributed by atoms with E-state index in [1.807, 2.05) is 22.2 Å². The smallest absolute Gasteiger partial charge is 0.407 e. The van der Waals surface area contributed by atoms with Crippen LogP contribution in [0.1, 0.15) is 75.1 Å². The molecule has 16 nitrogen and oxygen atoms in total. The second-order valence-corrected chi connectivity index (χ2v) is 18.9. The summed E-state index contributed by atoms with van der Waals surface area (Å²) in [5.74, 6) is 2.12. The molecule has 2 saturated carbocycles. The number of amides is 4. The molecule has 16 heteroatoms. The van der Waals surface area contributed by atoms with Gasteiger partial charge in [-0.3, -0.25) is 9.59 Å². The molecule has 2 aromatic heterocycles. The molecule has 344 valence electrons. The van der Waals surface area contributed by atoms with Crippen molar-refractivity contribution in [3.63, 3.8) is 0 Å². The van der Waals surface area contributed by atoms with Crippen molar-refractivity contribution in [2.75, 3.05) is 40.6 Å². The lowest BCUT2D eigenvalue weighted by Gasteiger charge is -2.35. The van der Waals surface area contributed by atoms with Gasteiger partial charge in [0.25, 0.3) is 0 Å². The van der Waals surface area contributed by atoms with E-state index in [0.29, 0.717) is 63.9 Å². The zero-order valence-electron chi connectivity index (χ0n) is 37.2. The fraction of sp³-hybridized carbons (Fsp3) is 0.480. The number of carbonyl (C=O) groups excluding carboxylic acids is 4. The SMILES string of the molecule is COC(=O)N[C@H](C(=O)N1C(c2nc(-c3cccc4c(-c5ccc(-c6cnc(C7C[C@H]8C[C@H]8N7C(=O)[C@@H](NC(=O)OC)C7CCOCC7)[nH]6)cc5)cccc34)c[nH]2)C[C@H]2C[C@H]21)C1CCOCC1. The molecule has 8 atom stereocenters. The number of nitrogens with one attached hydrogen (secondary N) is 4. The molecule has 4 aliphatic heterocycles. The molecule has 6 heterocycles. The number of piperidine rings is 2. The van der Waals surface area contributed by atoms with Crippen molar-refractivity contribution in [1.82, 2.24) is 40.4 Å². The average molecular weight is 897 g/mol. The van der Waals surface area contributed by atoms with Gasteiger partial charge in [-0.1, -0.05) is 60.7 Å². The first kappa shape index (κ1) is 42.4. The number of H-pyrrole nitrogens is 2. The number of ether oxygens (including phenoxy) is 4. The van der Waals surface area contributed by atoms with Crippen LogP contribution in [0.4, 0.5) is 9.59 Å². The molecule has 5 aromatic rings. The molecule has 11 rings (SSSR count). The van der Waals surface area contributed by atoms with Gasteiger partial charge >= 0.3 is 12.2 Å². The molecule has 2 unspecified atom stereocenters. The highest BCUT2D eigenvalue weighted by Gasteiger charge is 2.58. The van der Waals surface area contributed by atoms with E-state index in [-0.39, 0.29) is 47.8 Å². The number of carbonyl (C=O) groups is 4. The minimum Gasteiger partial charge on any atom is -0.453 e. The molecule has 4 N–H and O–H groups in total. The third-order valence-electron chi connectivity index (χ3n) is 15.2. The summed E-state index contributed by atoms with van der Waals surface area (Å²) in [4.78, 5) is 74.5. The van der Waals surface area contributed by atoms with E-state index in [0.717, 1.165) is 81.7 Å². The molecule has 3 aromatic carbocycles. The molecule has 6 fully saturated rings. The molecule has 2 aliphatic carbocycles. The van der Waals surface area contributed by atoms with Crippen LogP contribution in [0.15, 0.2) is 73.1 Å². The van der Waals surface area contributed by atoms with Crippen molar-refractivity contribution < 1.29 is 38.1 Å². The van der Waals surface area contributed by atoms with E-state index in [1.54, 1.807) is 0 Å². The predicted molar refractivity (Wildman–Crippen MR) is 242 cm³/mol. The van der Waals surface area contributed by atoms with Gasteiger partial charge in [-0.05, 0) is 103 Å². The second-order valence-electron chi connectivity index (χ2n) is 18.9. The third kappa shape index (κ3) is 7.86. The number of methoxy groups -OCH3 is 2. The van der Waals surface area contributed by atoms with Gasteiger partial charge in [0.15, 0.2) is 0 Å². The highest BCUT2D eigenvalue weighted by molar-refractivity contribution is 6.04. The number of aromatic nitrogens is 4. The molecule has 4 saturated heterocycles. The summed E-state index contributed by atoms with van der Waals surface area (Å²) in [5.41, 5.74) is 5.79. The molecule has 0 spiro atoms. The topological polar surface area (TPSA) is 193 Å². The van der Waals surface area contributed by atoms with Gasteiger partial charge in [0, 0.05) is 50.3 Å². The summed E-state index contributed by atoms with van der Waals surface area (Å²) in [6.45, 7) is 2.24. The number of benzene rings is 3. The first-order valence-corrected chi connectivity index (χ1v) is 23.5. The second kappa shape index (κ2) is 17.5. The van der Waals surface area contributed by atoms with E-state index in [1.165, 1.54) is 14.2 Å². The van der Waals surface area contributed by atoms with Crippen molar-refractivity contribution in [3.8, 4) is 33.6 Å². The standard InChI is InChI=1S/C50H56N8O8/c1-63-49(61)55-43(29-13-17-65-18-14-29)47(59)57-39-21-31(39)23-41(57)45-51-25-37(53-45)28-11-9-27(10-12-28)33-5-3-7-35-34(33)6-4-8-36(35)38-26-52-46(54-38)42-24-32-22-40(32)58(42)48(60)44(56-50(62)64-2)30-15-19-66-20-16-30/h3-12,25-26,29-32,39-44H,13-24H2,1-2H3,(H,51,53)(H,52,54)(H,55,61)(H,56,62)/t31-,32-,39-,40-,41?,42?,43+,44+/m1/s1. The van der Waals surface area contributed by atoms with Crippen LogP contribution in [0.25, 0.3) is 44.4 Å². The lowest BCUT2D eigenvalue weighted by Crippen LogP contribution is -2.54. The van der Waals surface area contributed by atoms with Crippen LogP contribution in [0, 0.1) is 23.7 Å². The zero-order valence-corrected chi connectivity index (χ0v) is 37.2. The Labute approximate surface area is 382 Å². The Morgan fingerprint density at radius 2 is 1.18 bits per heavy atom. The first-order valence-electron chi connectivity index (χ1n) is 23.5. The Balaban J connectivity index is 0.814. The van der Waals surface area contributed by atoms with Crippen LogP contribution in [-0.2, 0) is 28.5 Å². The molecule has 4 amide bonds. The Bertz CT molecular complexity index is 2640. The van der Waals surface area contributed by atoms with Gasteiger partial charge in [0.2, 0.25) is 11.8 Å². The van der Waals surface area contributed by atoms with Crippen molar-refractivity contribution >= 4 is 34.8 Å². The van der Waals surface area contributed by atoms with Gasteiger partial charge in [-0.25, -0.2) is 19.6 Å². The van der Waals surface area contributed by atoms with Crippen LogP contribution in [0.5, 0.6) is 0 Å². The number of hydrogen-bond donors (Lipinski definition) is 4. The number of hydrogen-bond acceptors (Lipinski definition) is 10. The Morgan fingerprint density at radius 3 is 1.74 bits per heavy atom. The van der Waals surface area contributed by atoms with Crippen molar-refractivity contribution in [1.29, 1.82) is 0 Å². The van der Waals surface area contributed by atoms with E-state index in [4.69, 9.17) is 28.9 Å². The van der Waals surface area contributed by atoms with Crippen molar-refractivity contribution in [3.05, 3.63) is 84.7 Å². The fourth-order valence-corrected chi connectivity index (χ4v) is 11.5. The van der Waals surface area contributed by atoms with Gasteiger partial charge in [0.05, 0.1) is 43.9 Å². The average Bonchev–Trinajstić information content (AvgIpc) is 3.94. The quantitative estimate of drug-likeness (QED) is 0.108. The summed E-state index contributed by atoms with van der Waals surface area (Å²) in [6, 6.07) is 19.5. The summed E-state index contributed by atoms with van der Waals surface area (Å²) in [6.07, 6.45) is 8.93. The Morgan fingerprint density at radius 1 is 0.667 bits per heavy atom. The number of fused-ring (bicyclic) bond motifs is 3. The third-order valence-corrected chi connectivity index (χ3v) is 15.2. The van der Waals surface area contributed by atoms with E-state index in [2.05, 4.69) is 81.3 Å². The number of imidazole rings is 2. The van der Waals surface area contributed by atoms with E-state index < -0.39 is 24.3 Å². The number of rotatable bonds is 11. The van der Waals surface area contributed by atoms with Gasteiger partial charge < -0.3 is 49.3 Å². The van der Waals surface area contributed by atoms with E-state index >= 15 is 0 Å². The summed E-state index contributed by atoms with van der Waals surface area (Å²) in [5, 5.41) is 7.89. The molecule has 6 aliphatic rings. The minimum absolute atomic E-state index is 0.0289. The molecule has 0 radical (unpaired) electrons. The Hall–Kier alpha value is -6.26. The zero-order chi connectivity index (χ0) is 45.1. The largest absolute Gasteiger partial charge is 0.453 e. The van der Waals surface area contributed by atoms with Gasteiger partial charge in [0.1, 0.15) is 23.7 Å². The molecule has 66 heavy (non-hydrogen) atoms. The monoisotopic (exact) mass is 896 g/mol. The Kier molecular flexibility index (Phi) is 11.2. The van der Waals surface area contributed by atoms with Crippen LogP contribution in [-0.4, -0.2) is 119 Å². The van der Waals surface area contributed by atoms with Crippen molar-refractivity contribution in [2.24, 2.45) is 23.7 Å². The van der Waals surface area contributed by atoms with Crippen molar-refractivity contribution in [2.45, 2.75) is 87.6 Å². The predicted octanol–water partition coefficient (Wildman–Crippen LogP) is 6.91. The first-order chi connectivity index (χ1) is 32.3. The highest BCUT2D eigenvalue weighted by Crippen LogP contribution is 2.55. The number of alkyl carbamates (subject to hydrolysis) is 2. The number of aromatic amines is 2. The summed E-state index contributed by atoms with van der Waals surface area (Å²) < 4.78 is 21.0. The summed E-state index contributed by atoms with van der Waals surface area (Å²) in [7, 11) is 2.64. The number of likely N-dealkylation sites (tertiary alicyclic amines) is 2.